The Morgan fingerprint density at radius 3 is 2.71 bits per heavy atom. The molecule has 0 saturated carbocycles. The highest BCUT2D eigenvalue weighted by Gasteiger charge is 2.17. The standard InChI is InChI=1S/C15H12O2/c1-9(16)11-7-5-10-6-8-14(17)13-4-2-3-12(11)15(10)13/h2-9,16H,1H3. The lowest BCUT2D eigenvalue weighted by Crippen LogP contribution is -2.03. The Kier molecular flexibility index (Phi) is 2.13. The number of hydrogen-bond acceptors (Lipinski definition) is 2. The molecule has 0 spiro atoms. The fourth-order valence-corrected chi connectivity index (χ4v) is 2.42. The molecule has 2 nitrogen and oxygen atoms in total. The van der Waals surface area contributed by atoms with E-state index in [0.717, 1.165) is 27.5 Å². The summed E-state index contributed by atoms with van der Waals surface area (Å²) < 4.78 is 0. The number of hydrogen-bond donors (Lipinski definition) is 1. The van der Waals surface area contributed by atoms with E-state index in [0.29, 0.717) is 0 Å². The van der Waals surface area contributed by atoms with Crippen molar-refractivity contribution in [2.24, 2.45) is 0 Å². The van der Waals surface area contributed by atoms with Crippen LogP contribution in [0.5, 0.6) is 0 Å². The summed E-state index contributed by atoms with van der Waals surface area (Å²) in [4.78, 5) is 11.8. The fraction of sp³-hybridized carbons (Fsp3) is 0.133. The summed E-state index contributed by atoms with van der Waals surface area (Å²) in [6.07, 6.45) is 2.91. The van der Waals surface area contributed by atoms with E-state index in [4.69, 9.17) is 0 Å². The zero-order valence-electron chi connectivity index (χ0n) is 9.47. The van der Waals surface area contributed by atoms with Gasteiger partial charge in [-0.05, 0) is 29.5 Å². The molecule has 0 amide bonds. The van der Waals surface area contributed by atoms with Gasteiger partial charge in [-0.15, -0.1) is 0 Å². The number of aliphatic hydroxyl groups is 1. The molecule has 17 heavy (non-hydrogen) atoms. The third kappa shape index (κ3) is 1.41. The number of carbonyl (C=O) groups excluding carboxylic acids is 1. The van der Waals surface area contributed by atoms with Crippen LogP contribution >= 0.6 is 0 Å². The molecule has 0 saturated heterocycles. The van der Waals surface area contributed by atoms with Gasteiger partial charge in [-0.3, -0.25) is 4.79 Å². The molecule has 0 aromatic heterocycles. The molecule has 1 aliphatic carbocycles. The van der Waals surface area contributed by atoms with Crippen molar-refractivity contribution in [1.29, 1.82) is 0 Å². The number of ketones is 1. The van der Waals surface area contributed by atoms with Gasteiger partial charge in [-0.25, -0.2) is 0 Å². The number of aliphatic hydroxyl groups excluding tert-OH is 1. The molecule has 1 unspecified atom stereocenters. The van der Waals surface area contributed by atoms with E-state index in [1.54, 1.807) is 13.0 Å². The first-order valence-corrected chi connectivity index (χ1v) is 5.64. The maximum Gasteiger partial charge on any atom is 0.186 e. The minimum absolute atomic E-state index is 0.0332. The maximum atomic E-state index is 11.8. The van der Waals surface area contributed by atoms with Gasteiger partial charge in [0.05, 0.1) is 6.10 Å². The second kappa shape index (κ2) is 3.54. The molecule has 1 atom stereocenters. The van der Waals surface area contributed by atoms with Gasteiger partial charge in [0, 0.05) is 10.9 Å². The monoisotopic (exact) mass is 224 g/mol. The Labute approximate surface area is 99.2 Å². The van der Waals surface area contributed by atoms with Crippen LogP contribution in [-0.2, 0) is 0 Å². The number of rotatable bonds is 1. The zero-order chi connectivity index (χ0) is 12.0. The molecule has 1 aliphatic rings. The van der Waals surface area contributed by atoms with Crippen LogP contribution in [0, 0.1) is 0 Å². The van der Waals surface area contributed by atoms with E-state index in [1.165, 1.54) is 0 Å². The highest BCUT2D eigenvalue weighted by molar-refractivity contribution is 6.20. The summed E-state index contributed by atoms with van der Waals surface area (Å²) in [6.45, 7) is 1.74. The highest BCUT2D eigenvalue weighted by Crippen LogP contribution is 2.33. The van der Waals surface area contributed by atoms with Crippen LogP contribution < -0.4 is 0 Å². The molecule has 2 aromatic rings. The normalized spacial score (nSPS) is 15.3. The third-order valence-corrected chi connectivity index (χ3v) is 3.24. The van der Waals surface area contributed by atoms with E-state index in [2.05, 4.69) is 0 Å². The first-order valence-electron chi connectivity index (χ1n) is 5.64. The van der Waals surface area contributed by atoms with Crippen molar-refractivity contribution in [3.63, 3.8) is 0 Å². The van der Waals surface area contributed by atoms with Gasteiger partial charge in [-0.1, -0.05) is 36.4 Å². The van der Waals surface area contributed by atoms with Crippen LogP contribution in [0.25, 0.3) is 16.8 Å². The van der Waals surface area contributed by atoms with Gasteiger partial charge in [0.25, 0.3) is 0 Å². The summed E-state index contributed by atoms with van der Waals surface area (Å²) >= 11 is 0. The molecular formula is C15H12O2. The Balaban J connectivity index is 2.48. The largest absolute Gasteiger partial charge is 0.389 e. The molecule has 0 radical (unpaired) electrons. The minimum Gasteiger partial charge on any atom is -0.389 e. The molecule has 0 heterocycles. The molecular weight excluding hydrogens is 212 g/mol. The quantitative estimate of drug-likeness (QED) is 0.808. The second-order valence-corrected chi connectivity index (χ2v) is 4.35. The van der Waals surface area contributed by atoms with Crippen molar-refractivity contribution >= 4 is 22.6 Å². The highest BCUT2D eigenvalue weighted by atomic mass is 16.3. The predicted octanol–water partition coefficient (Wildman–Crippen LogP) is 3.10. The van der Waals surface area contributed by atoms with Crippen molar-refractivity contribution in [3.8, 4) is 0 Å². The second-order valence-electron chi connectivity index (χ2n) is 4.35. The molecule has 2 heteroatoms. The van der Waals surface area contributed by atoms with Crippen LogP contribution in [0.2, 0.25) is 0 Å². The average Bonchev–Trinajstić information content (AvgIpc) is 2.33. The van der Waals surface area contributed by atoms with Crippen LogP contribution in [0.3, 0.4) is 0 Å². The van der Waals surface area contributed by atoms with E-state index in [9.17, 15) is 9.90 Å². The number of allylic oxidation sites excluding steroid dienone is 1. The van der Waals surface area contributed by atoms with E-state index < -0.39 is 6.10 Å². The third-order valence-electron chi connectivity index (χ3n) is 3.24. The number of carbonyl (C=O) groups is 1. The molecule has 84 valence electrons. The average molecular weight is 224 g/mol. The molecule has 1 N–H and O–H groups in total. The lowest BCUT2D eigenvalue weighted by atomic mass is 9.89. The van der Waals surface area contributed by atoms with Crippen LogP contribution in [0.1, 0.15) is 34.5 Å². The summed E-state index contributed by atoms with van der Waals surface area (Å²) in [6, 6.07) is 9.54. The topological polar surface area (TPSA) is 37.3 Å². The SMILES string of the molecule is CC(O)c1ccc2c3c(cccc13)C(=O)C=C2. The van der Waals surface area contributed by atoms with E-state index in [-0.39, 0.29) is 5.78 Å². The van der Waals surface area contributed by atoms with Crippen molar-refractivity contribution in [3.05, 3.63) is 53.1 Å². The molecule has 3 rings (SSSR count). The smallest absolute Gasteiger partial charge is 0.186 e. The summed E-state index contributed by atoms with van der Waals surface area (Å²) in [5.41, 5.74) is 2.64. The molecule has 0 aliphatic heterocycles. The van der Waals surface area contributed by atoms with Gasteiger partial charge < -0.3 is 5.11 Å². The number of benzene rings is 2. The lowest BCUT2D eigenvalue weighted by Gasteiger charge is -2.16. The zero-order valence-corrected chi connectivity index (χ0v) is 9.47. The Morgan fingerprint density at radius 1 is 1.12 bits per heavy atom. The van der Waals surface area contributed by atoms with E-state index >= 15 is 0 Å². The van der Waals surface area contributed by atoms with Gasteiger partial charge >= 0.3 is 0 Å². The van der Waals surface area contributed by atoms with Crippen molar-refractivity contribution in [2.45, 2.75) is 13.0 Å². The van der Waals surface area contributed by atoms with Crippen molar-refractivity contribution in [2.75, 3.05) is 0 Å². The summed E-state index contributed by atoms with van der Waals surface area (Å²) in [5.74, 6) is 0.0332. The summed E-state index contributed by atoms with van der Waals surface area (Å²) in [5, 5.41) is 11.7. The predicted molar refractivity (Wildman–Crippen MR) is 67.9 cm³/mol. The van der Waals surface area contributed by atoms with Crippen LogP contribution in [0.4, 0.5) is 0 Å². The Morgan fingerprint density at radius 2 is 1.94 bits per heavy atom. The summed E-state index contributed by atoms with van der Waals surface area (Å²) in [7, 11) is 0. The first kappa shape index (κ1) is 10.2. The van der Waals surface area contributed by atoms with Gasteiger partial charge in [-0.2, -0.15) is 0 Å². The van der Waals surface area contributed by atoms with Gasteiger partial charge in [0.2, 0.25) is 0 Å². The van der Waals surface area contributed by atoms with Crippen LogP contribution in [0.15, 0.2) is 36.4 Å². The molecule has 0 bridgehead atoms. The maximum absolute atomic E-state index is 11.8. The van der Waals surface area contributed by atoms with Crippen molar-refractivity contribution < 1.29 is 9.90 Å². The van der Waals surface area contributed by atoms with Gasteiger partial charge in [0.1, 0.15) is 0 Å². The Hall–Kier alpha value is -1.93. The molecule has 0 fully saturated rings. The van der Waals surface area contributed by atoms with Crippen LogP contribution in [-0.4, -0.2) is 10.9 Å². The lowest BCUT2D eigenvalue weighted by molar-refractivity contribution is 0.104. The fourth-order valence-electron chi connectivity index (χ4n) is 2.42. The van der Waals surface area contributed by atoms with E-state index in [1.807, 2.05) is 36.4 Å². The molecule has 2 aromatic carbocycles. The van der Waals surface area contributed by atoms with Crippen molar-refractivity contribution in [1.82, 2.24) is 0 Å². The van der Waals surface area contributed by atoms with Gasteiger partial charge in [0.15, 0.2) is 5.78 Å². The minimum atomic E-state index is -0.527. The first-order chi connectivity index (χ1) is 8.18. The Bertz CT molecular complexity index is 651.